The number of methoxy groups -OCH3 is 1. The molecule has 0 aliphatic rings. The van der Waals surface area contributed by atoms with Crippen molar-refractivity contribution >= 4 is 11.9 Å². The molecule has 5 nitrogen and oxygen atoms in total. The Morgan fingerprint density at radius 2 is 1.95 bits per heavy atom. The van der Waals surface area contributed by atoms with Crippen molar-refractivity contribution < 1.29 is 19.1 Å². The molecule has 1 amide bonds. The summed E-state index contributed by atoms with van der Waals surface area (Å²) in [6.07, 6.45) is 0.395. The van der Waals surface area contributed by atoms with Gasteiger partial charge in [0.1, 0.15) is 12.6 Å². The minimum atomic E-state index is -0.704. The van der Waals surface area contributed by atoms with Gasteiger partial charge in [0.2, 0.25) is 5.91 Å². The first kappa shape index (κ1) is 17.2. The molecule has 0 radical (unpaired) electrons. The number of hydrogen-bond acceptors (Lipinski definition) is 4. The van der Waals surface area contributed by atoms with Gasteiger partial charge in [-0.15, -0.1) is 0 Å². The number of benzene rings is 1. The first-order valence-electron chi connectivity index (χ1n) is 6.99. The van der Waals surface area contributed by atoms with Gasteiger partial charge in [0, 0.05) is 13.0 Å². The van der Waals surface area contributed by atoms with Crippen molar-refractivity contribution in [3.63, 3.8) is 0 Å². The Bertz CT molecular complexity index is 499. The number of esters is 1. The van der Waals surface area contributed by atoms with Crippen LogP contribution < -0.4 is 5.32 Å². The molecule has 1 rings (SSSR count). The van der Waals surface area contributed by atoms with E-state index in [0.717, 1.165) is 11.1 Å². The molecule has 0 aliphatic carbocycles. The quantitative estimate of drug-likeness (QED) is 0.775. The van der Waals surface area contributed by atoms with E-state index in [4.69, 9.17) is 9.47 Å². The molecule has 21 heavy (non-hydrogen) atoms. The number of carbonyl (C=O) groups is 2. The summed E-state index contributed by atoms with van der Waals surface area (Å²) in [5, 5.41) is 2.65. The molecule has 0 saturated carbocycles. The highest BCUT2D eigenvalue weighted by Crippen LogP contribution is 2.12. The van der Waals surface area contributed by atoms with Gasteiger partial charge in [0.25, 0.3) is 0 Å². The van der Waals surface area contributed by atoms with E-state index in [-0.39, 0.29) is 12.5 Å². The molecule has 1 aromatic carbocycles. The summed E-state index contributed by atoms with van der Waals surface area (Å²) in [6, 6.07) is 5.26. The average Bonchev–Trinajstić information content (AvgIpc) is 2.47. The lowest BCUT2D eigenvalue weighted by Crippen LogP contribution is -2.44. The first-order valence-corrected chi connectivity index (χ1v) is 6.99. The molecule has 0 saturated heterocycles. The van der Waals surface area contributed by atoms with E-state index >= 15 is 0 Å². The zero-order valence-electron chi connectivity index (χ0n) is 13.1. The molecular weight excluding hydrogens is 270 g/mol. The van der Waals surface area contributed by atoms with Crippen LogP contribution in [0.4, 0.5) is 0 Å². The minimum absolute atomic E-state index is 0.0586. The summed E-state index contributed by atoms with van der Waals surface area (Å²) in [6.45, 7) is 6.24. The second-order valence-corrected chi connectivity index (χ2v) is 4.90. The summed E-state index contributed by atoms with van der Waals surface area (Å²) >= 11 is 0. The average molecular weight is 293 g/mol. The number of nitrogens with one attached hydrogen (secondary N) is 1. The van der Waals surface area contributed by atoms with Crippen LogP contribution >= 0.6 is 0 Å². The molecule has 0 aliphatic heterocycles. The van der Waals surface area contributed by atoms with Gasteiger partial charge < -0.3 is 14.8 Å². The van der Waals surface area contributed by atoms with Crippen molar-refractivity contribution in [1.82, 2.24) is 5.32 Å². The fraction of sp³-hybridized carbons (Fsp3) is 0.500. The van der Waals surface area contributed by atoms with Crippen LogP contribution in [0.5, 0.6) is 0 Å². The SMILES string of the molecule is CCOCC(=O)N[C@@H](Cc1ccc(C)c(C)c1)C(=O)OC. The maximum Gasteiger partial charge on any atom is 0.328 e. The van der Waals surface area contributed by atoms with E-state index in [1.807, 2.05) is 32.0 Å². The van der Waals surface area contributed by atoms with Gasteiger partial charge in [-0.05, 0) is 37.5 Å². The monoisotopic (exact) mass is 293 g/mol. The predicted octanol–water partition coefficient (Wildman–Crippen LogP) is 1.54. The van der Waals surface area contributed by atoms with Crippen LogP contribution in [-0.4, -0.2) is 38.2 Å². The molecule has 1 atom stereocenters. The summed E-state index contributed by atoms with van der Waals surface area (Å²) in [4.78, 5) is 23.5. The van der Waals surface area contributed by atoms with Crippen molar-refractivity contribution in [2.24, 2.45) is 0 Å². The lowest BCUT2D eigenvalue weighted by Gasteiger charge is -2.17. The Kier molecular flexibility index (Phi) is 6.88. The van der Waals surface area contributed by atoms with Gasteiger partial charge >= 0.3 is 5.97 Å². The van der Waals surface area contributed by atoms with Crippen LogP contribution in [-0.2, 0) is 25.5 Å². The second kappa shape index (κ2) is 8.42. The molecule has 116 valence electrons. The third kappa shape index (κ3) is 5.55. The highest BCUT2D eigenvalue weighted by Gasteiger charge is 2.22. The zero-order chi connectivity index (χ0) is 15.8. The number of hydrogen-bond donors (Lipinski definition) is 1. The van der Waals surface area contributed by atoms with Gasteiger partial charge in [-0.2, -0.15) is 0 Å². The highest BCUT2D eigenvalue weighted by atomic mass is 16.5. The number of amides is 1. The lowest BCUT2D eigenvalue weighted by atomic mass is 10.0. The summed E-state index contributed by atoms with van der Waals surface area (Å²) in [5.41, 5.74) is 3.32. The third-order valence-corrected chi connectivity index (χ3v) is 3.27. The van der Waals surface area contributed by atoms with E-state index in [1.165, 1.54) is 12.7 Å². The van der Waals surface area contributed by atoms with Crippen LogP contribution in [0.1, 0.15) is 23.6 Å². The predicted molar refractivity (Wildman–Crippen MR) is 80.1 cm³/mol. The van der Waals surface area contributed by atoms with E-state index in [2.05, 4.69) is 5.32 Å². The topological polar surface area (TPSA) is 64.6 Å². The fourth-order valence-corrected chi connectivity index (χ4v) is 1.93. The van der Waals surface area contributed by atoms with Gasteiger partial charge in [0.05, 0.1) is 7.11 Å². The zero-order valence-corrected chi connectivity index (χ0v) is 13.1. The maximum absolute atomic E-state index is 11.8. The molecule has 0 aromatic heterocycles. The molecule has 5 heteroatoms. The van der Waals surface area contributed by atoms with Gasteiger partial charge in [-0.3, -0.25) is 4.79 Å². The van der Waals surface area contributed by atoms with Crippen molar-refractivity contribution in [1.29, 1.82) is 0 Å². The molecular formula is C16H23NO4. The Balaban J connectivity index is 2.75. The number of aryl methyl sites for hydroxylation is 2. The minimum Gasteiger partial charge on any atom is -0.467 e. The van der Waals surface area contributed by atoms with E-state index in [0.29, 0.717) is 13.0 Å². The number of rotatable bonds is 7. The molecule has 0 heterocycles. The van der Waals surface area contributed by atoms with Gasteiger partial charge in [-0.25, -0.2) is 4.79 Å². The van der Waals surface area contributed by atoms with E-state index in [9.17, 15) is 9.59 Å². The van der Waals surface area contributed by atoms with E-state index < -0.39 is 12.0 Å². The van der Waals surface area contributed by atoms with Crippen LogP contribution in [0.2, 0.25) is 0 Å². The Hall–Kier alpha value is -1.88. The largest absolute Gasteiger partial charge is 0.467 e. The molecule has 0 unspecified atom stereocenters. The normalized spacial score (nSPS) is 11.8. The van der Waals surface area contributed by atoms with Crippen molar-refractivity contribution in [2.75, 3.05) is 20.3 Å². The third-order valence-electron chi connectivity index (χ3n) is 3.27. The second-order valence-electron chi connectivity index (χ2n) is 4.90. The van der Waals surface area contributed by atoms with Crippen LogP contribution in [0.15, 0.2) is 18.2 Å². The Labute approximate surface area is 125 Å². The van der Waals surface area contributed by atoms with Gasteiger partial charge in [0.15, 0.2) is 0 Å². The summed E-state index contributed by atoms with van der Waals surface area (Å²) < 4.78 is 9.78. The highest BCUT2D eigenvalue weighted by molar-refractivity contribution is 5.85. The van der Waals surface area contributed by atoms with Gasteiger partial charge in [-0.1, -0.05) is 18.2 Å². The molecule has 1 aromatic rings. The standard InChI is InChI=1S/C16H23NO4/c1-5-21-10-15(18)17-14(16(19)20-4)9-13-7-6-11(2)12(3)8-13/h6-8,14H,5,9-10H2,1-4H3,(H,17,18)/t14-/m0/s1. The molecule has 0 spiro atoms. The lowest BCUT2D eigenvalue weighted by molar-refractivity contribution is -0.145. The molecule has 0 bridgehead atoms. The van der Waals surface area contributed by atoms with Crippen LogP contribution in [0.3, 0.4) is 0 Å². The van der Waals surface area contributed by atoms with Crippen molar-refractivity contribution in [3.8, 4) is 0 Å². The van der Waals surface area contributed by atoms with Crippen LogP contribution in [0, 0.1) is 13.8 Å². The maximum atomic E-state index is 11.8. The number of carbonyl (C=O) groups excluding carboxylic acids is 2. The Morgan fingerprint density at radius 1 is 1.24 bits per heavy atom. The molecule has 0 fully saturated rings. The molecule has 1 N–H and O–H groups in total. The van der Waals surface area contributed by atoms with Crippen LogP contribution in [0.25, 0.3) is 0 Å². The Morgan fingerprint density at radius 3 is 2.52 bits per heavy atom. The first-order chi connectivity index (χ1) is 9.97. The van der Waals surface area contributed by atoms with Crippen molar-refractivity contribution in [2.45, 2.75) is 33.2 Å². The van der Waals surface area contributed by atoms with Crippen molar-refractivity contribution in [3.05, 3.63) is 34.9 Å². The summed E-state index contributed by atoms with van der Waals surface area (Å²) in [7, 11) is 1.31. The summed E-state index contributed by atoms with van der Waals surface area (Å²) in [5.74, 6) is -0.783. The number of ether oxygens (including phenoxy) is 2. The fourth-order valence-electron chi connectivity index (χ4n) is 1.93. The van der Waals surface area contributed by atoms with E-state index in [1.54, 1.807) is 6.92 Å². The smallest absolute Gasteiger partial charge is 0.328 e.